The second-order valence-corrected chi connectivity index (χ2v) is 7.75. The van der Waals surface area contributed by atoms with Gasteiger partial charge in [-0.25, -0.2) is 9.37 Å². The van der Waals surface area contributed by atoms with Gasteiger partial charge < -0.3 is 15.6 Å². The fourth-order valence-corrected chi connectivity index (χ4v) is 3.89. The molecule has 0 aliphatic carbocycles. The van der Waals surface area contributed by atoms with Crippen molar-refractivity contribution < 1.29 is 14.0 Å². The van der Waals surface area contributed by atoms with Crippen molar-refractivity contribution >= 4 is 46.7 Å². The number of rotatable bonds is 6. The van der Waals surface area contributed by atoms with Gasteiger partial charge in [-0.05, 0) is 24.6 Å². The fraction of sp³-hybridized carbons (Fsp3) is 0.333. The number of aromatic amines is 1. The molecule has 1 unspecified atom stereocenters. The standard InChI is InChI=1S/C18H18ClFN4O3S/c1-2-3-6-28-18-23-15-14(17(27)24-18)10(8-13(25)22-15)16(26)21-9-4-5-12(20)11(19)7-9/h4-5,7,10H,2-3,6,8H2,1H3,(H,21,26)(H2,22,23,24,25,27). The zero-order valence-electron chi connectivity index (χ0n) is 15.0. The van der Waals surface area contributed by atoms with Crippen molar-refractivity contribution in [2.75, 3.05) is 16.4 Å². The third kappa shape index (κ3) is 4.53. The molecule has 2 aromatic rings. The summed E-state index contributed by atoms with van der Waals surface area (Å²) in [5.74, 6) is -1.74. The molecule has 28 heavy (non-hydrogen) atoms. The second kappa shape index (κ2) is 8.74. The maximum absolute atomic E-state index is 13.3. The van der Waals surface area contributed by atoms with Crippen molar-refractivity contribution in [3.63, 3.8) is 0 Å². The molecule has 7 nitrogen and oxygen atoms in total. The Balaban J connectivity index is 1.87. The molecule has 0 radical (unpaired) electrons. The van der Waals surface area contributed by atoms with E-state index in [2.05, 4.69) is 27.5 Å². The number of anilines is 2. The minimum absolute atomic E-state index is 0.0938. The van der Waals surface area contributed by atoms with Gasteiger partial charge in [0.2, 0.25) is 11.8 Å². The molecule has 10 heteroatoms. The summed E-state index contributed by atoms with van der Waals surface area (Å²) in [6.45, 7) is 2.06. The van der Waals surface area contributed by atoms with Gasteiger partial charge in [0.25, 0.3) is 5.56 Å². The Morgan fingerprint density at radius 2 is 2.21 bits per heavy atom. The third-order valence-corrected chi connectivity index (χ3v) is 5.42. The summed E-state index contributed by atoms with van der Waals surface area (Å²) < 4.78 is 13.3. The van der Waals surface area contributed by atoms with E-state index in [0.717, 1.165) is 24.7 Å². The molecule has 1 aromatic carbocycles. The van der Waals surface area contributed by atoms with Gasteiger partial charge in [0.15, 0.2) is 5.16 Å². The molecule has 1 aliphatic heterocycles. The second-order valence-electron chi connectivity index (χ2n) is 6.26. The zero-order chi connectivity index (χ0) is 20.3. The quantitative estimate of drug-likeness (QED) is 0.374. The molecule has 1 aliphatic rings. The maximum Gasteiger partial charge on any atom is 0.257 e. The lowest BCUT2D eigenvalue weighted by molar-refractivity contribution is -0.123. The Morgan fingerprint density at radius 1 is 1.43 bits per heavy atom. The van der Waals surface area contributed by atoms with E-state index in [4.69, 9.17) is 11.6 Å². The van der Waals surface area contributed by atoms with Gasteiger partial charge in [0.05, 0.1) is 16.5 Å². The van der Waals surface area contributed by atoms with Gasteiger partial charge >= 0.3 is 0 Å². The van der Waals surface area contributed by atoms with Crippen LogP contribution in [0.4, 0.5) is 15.9 Å². The minimum Gasteiger partial charge on any atom is -0.325 e. The monoisotopic (exact) mass is 424 g/mol. The van der Waals surface area contributed by atoms with Crippen LogP contribution in [0.25, 0.3) is 0 Å². The topological polar surface area (TPSA) is 104 Å². The molecule has 3 rings (SSSR count). The first-order chi connectivity index (χ1) is 13.4. The van der Waals surface area contributed by atoms with E-state index in [1.807, 2.05) is 0 Å². The number of hydrogen-bond acceptors (Lipinski definition) is 5. The van der Waals surface area contributed by atoms with E-state index in [1.54, 1.807) is 0 Å². The molecule has 0 saturated carbocycles. The van der Waals surface area contributed by atoms with Crippen molar-refractivity contribution in [1.82, 2.24) is 9.97 Å². The van der Waals surface area contributed by atoms with Crippen LogP contribution >= 0.6 is 23.4 Å². The first kappa shape index (κ1) is 20.3. The number of fused-ring (bicyclic) bond motifs is 1. The number of aromatic nitrogens is 2. The van der Waals surface area contributed by atoms with Crippen LogP contribution in [0.2, 0.25) is 5.02 Å². The Kier molecular flexibility index (Phi) is 6.35. The van der Waals surface area contributed by atoms with Gasteiger partial charge in [-0.15, -0.1) is 0 Å². The summed E-state index contributed by atoms with van der Waals surface area (Å²) in [6.07, 6.45) is 1.78. The van der Waals surface area contributed by atoms with Crippen LogP contribution in [0, 0.1) is 5.82 Å². The highest BCUT2D eigenvalue weighted by Gasteiger charge is 2.34. The van der Waals surface area contributed by atoms with Crippen molar-refractivity contribution in [2.24, 2.45) is 0 Å². The molecule has 148 valence electrons. The average molecular weight is 425 g/mol. The number of amides is 2. The summed E-state index contributed by atoms with van der Waals surface area (Å²) in [4.78, 5) is 44.3. The summed E-state index contributed by atoms with van der Waals surface area (Å²) >= 11 is 7.10. The number of nitrogens with zero attached hydrogens (tertiary/aromatic N) is 1. The molecule has 2 heterocycles. The first-order valence-corrected chi connectivity index (χ1v) is 10.1. The minimum atomic E-state index is -1.02. The number of thioether (sulfide) groups is 1. The highest BCUT2D eigenvalue weighted by Crippen LogP contribution is 2.31. The number of carbonyl (C=O) groups is 2. The van der Waals surface area contributed by atoms with Crippen LogP contribution in [-0.2, 0) is 9.59 Å². The predicted octanol–water partition coefficient (Wildman–Crippen LogP) is 3.52. The van der Waals surface area contributed by atoms with E-state index < -0.39 is 29.1 Å². The lowest BCUT2D eigenvalue weighted by Crippen LogP contribution is -2.36. The van der Waals surface area contributed by atoms with Crippen LogP contribution in [0.15, 0.2) is 28.2 Å². The van der Waals surface area contributed by atoms with E-state index in [1.165, 1.54) is 23.9 Å². The van der Waals surface area contributed by atoms with Gasteiger partial charge in [0.1, 0.15) is 11.6 Å². The Hall–Kier alpha value is -2.39. The number of hydrogen-bond donors (Lipinski definition) is 3. The summed E-state index contributed by atoms with van der Waals surface area (Å²) in [5.41, 5.74) is -0.105. The summed E-state index contributed by atoms with van der Waals surface area (Å²) in [7, 11) is 0. The number of unbranched alkanes of at least 4 members (excludes halogenated alkanes) is 1. The fourth-order valence-electron chi connectivity index (χ4n) is 2.76. The summed E-state index contributed by atoms with van der Waals surface area (Å²) in [5, 5.41) is 5.38. The van der Waals surface area contributed by atoms with Gasteiger partial charge in [0, 0.05) is 17.9 Å². The van der Waals surface area contributed by atoms with E-state index in [-0.39, 0.29) is 28.5 Å². The Labute approximate surface area is 169 Å². The Bertz CT molecular complexity index is 982. The van der Waals surface area contributed by atoms with E-state index in [0.29, 0.717) is 5.16 Å². The molecule has 1 aromatic heterocycles. The number of carbonyl (C=O) groups excluding carboxylic acids is 2. The molecule has 0 bridgehead atoms. The molecule has 3 N–H and O–H groups in total. The van der Waals surface area contributed by atoms with Crippen molar-refractivity contribution in [2.45, 2.75) is 37.3 Å². The third-order valence-electron chi connectivity index (χ3n) is 4.17. The van der Waals surface area contributed by atoms with Crippen molar-refractivity contribution in [3.05, 3.63) is 45.0 Å². The number of halogens is 2. The highest BCUT2D eigenvalue weighted by atomic mass is 35.5. The van der Waals surface area contributed by atoms with E-state index >= 15 is 0 Å². The molecule has 2 amide bonds. The number of benzene rings is 1. The van der Waals surface area contributed by atoms with Crippen molar-refractivity contribution in [3.8, 4) is 0 Å². The van der Waals surface area contributed by atoms with Crippen molar-refractivity contribution in [1.29, 1.82) is 0 Å². The van der Waals surface area contributed by atoms with Gasteiger partial charge in [-0.1, -0.05) is 36.7 Å². The lowest BCUT2D eigenvalue weighted by atomic mass is 9.92. The molecule has 0 fully saturated rings. The smallest absolute Gasteiger partial charge is 0.257 e. The van der Waals surface area contributed by atoms with Gasteiger partial charge in [-0.3, -0.25) is 14.4 Å². The summed E-state index contributed by atoms with van der Waals surface area (Å²) in [6, 6.07) is 3.72. The van der Waals surface area contributed by atoms with Crippen LogP contribution in [0.5, 0.6) is 0 Å². The first-order valence-electron chi connectivity index (χ1n) is 8.71. The average Bonchev–Trinajstić information content (AvgIpc) is 2.64. The molecular weight excluding hydrogens is 407 g/mol. The largest absolute Gasteiger partial charge is 0.325 e. The number of nitrogens with one attached hydrogen (secondary N) is 3. The predicted molar refractivity (Wildman–Crippen MR) is 107 cm³/mol. The van der Waals surface area contributed by atoms with Crippen LogP contribution < -0.4 is 16.2 Å². The van der Waals surface area contributed by atoms with Crippen LogP contribution in [0.1, 0.15) is 37.7 Å². The molecule has 0 spiro atoms. The zero-order valence-corrected chi connectivity index (χ0v) is 16.5. The SMILES string of the molecule is CCCCSc1nc2c(c(=O)[nH]1)C(C(=O)Nc1ccc(F)c(Cl)c1)CC(=O)N2. The molecule has 1 atom stereocenters. The van der Waals surface area contributed by atoms with Crippen LogP contribution in [-0.4, -0.2) is 27.5 Å². The maximum atomic E-state index is 13.3. The lowest BCUT2D eigenvalue weighted by Gasteiger charge is -2.23. The number of H-pyrrole nitrogens is 1. The van der Waals surface area contributed by atoms with Gasteiger partial charge in [-0.2, -0.15) is 0 Å². The molecular formula is C18H18ClFN4O3S. The Morgan fingerprint density at radius 3 is 2.93 bits per heavy atom. The normalized spacial score (nSPS) is 15.7. The highest BCUT2D eigenvalue weighted by molar-refractivity contribution is 7.99. The van der Waals surface area contributed by atoms with E-state index in [9.17, 15) is 18.8 Å². The molecule has 0 saturated heterocycles. The van der Waals surface area contributed by atoms with Crippen LogP contribution in [0.3, 0.4) is 0 Å².